The van der Waals surface area contributed by atoms with Crippen LogP contribution < -0.4 is 0 Å². The van der Waals surface area contributed by atoms with Crippen LogP contribution >= 0.6 is 0 Å². The van der Waals surface area contributed by atoms with Crippen LogP contribution in [0.1, 0.15) is 84.8 Å². The summed E-state index contributed by atoms with van der Waals surface area (Å²) < 4.78 is 54.2. The van der Waals surface area contributed by atoms with Crippen molar-refractivity contribution in [1.82, 2.24) is 4.98 Å². The van der Waals surface area contributed by atoms with Crippen LogP contribution in [-0.2, 0) is 82.6 Å². The molecule has 1 saturated heterocycles. The molecule has 12 atom stereocenters. The van der Waals surface area contributed by atoms with Crippen LogP contribution in [0.25, 0.3) is 0 Å². The zero-order valence-corrected chi connectivity index (χ0v) is 33.0. The maximum absolute atomic E-state index is 14.1. The van der Waals surface area contributed by atoms with Crippen molar-refractivity contribution in [2.24, 2.45) is 17.3 Å². The van der Waals surface area contributed by atoms with Gasteiger partial charge in [-0.15, -0.1) is 0 Å². The summed E-state index contributed by atoms with van der Waals surface area (Å²) >= 11 is 0. The summed E-state index contributed by atoms with van der Waals surface area (Å²) in [5.41, 5.74) is -9.87. The minimum Gasteiger partial charge on any atom is -0.465 e. The molecule has 1 aromatic rings. The first-order valence-corrected chi connectivity index (χ1v) is 18.3. The maximum Gasteiger partial charge on any atom is 0.340 e. The number of esters is 8. The molecular weight excluding hydrogens is 758 g/mol. The van der Waals surface area contributed by atoms with Crippen LogP contribution in [-0.4, -0.2) is 124 Å². The Kier molecular flexibility index (Phi) is 11.8. The molecule has 0 aromatic carbocycles. The van der Waals surface area contributed by atoms with Gasteiger partial charge in [-0.2, -0.15) is 0 Å². The van der Waals surface area contributed by atoms with E-state index in [0.29, 0.717) is 0 Å². The quantitative estimate of drug-likeness (QED) is 0.296. The second-order valence-electron chi connectivity index (χ2n) is 15.3. The summed E-state index contributed by atoms with van der Waals surface area (Å²) in [5, 5.41) is 13.4. The van der Waals surface area contributed by atoms with Gasteiger partial charge in [-0.3, -0.25) is 38.5 Å². The first-order valence-electron chi connectivity index (χ1n) is 18.3. The number of pyridine rings is 1. The molecule has 2 aliphatic heterocycles. The third kappa shape index (κ3) is 7.30. The molecule has 19 nitrogen and oxygen atoms in total. The van der Waals surface area contributed by atoms with E-state index in [1.165, 1.54) is 32.2 Å². The van der Waals surface area contributed by atoms with Gasteiger partial charge in [0.2, 0.25) is 0 Å². The number of cyclic esters (lactones) is 1. The van der Waals surface area contributed by atoms with Crippen molar-refractivity contribution in [2.45, 2.75) is 129 Å². The lowest BCUT2D eigenvalue weighted by Gasteiger charge is -2.67. The molecular formula is C38H47NO18. The van der Waals surface area contributed by atoms with Crippen molar-refractivity contribution in [3.63, 3.8) is 0 Å². The van der Waals surface area contributed by atoms with Crippen molar-refractivity contribution >= 4 is 47.8 Å². The lowest BCUT2D eigenvalue weighted by atomic mass is 9.45. The Hall–Kier alpha value is -5.17. The highest BCUT2D eigenvalue weighted by Crippen LogP contribution is 2.70. The van der Waals surface area contributed by atoms with Crippen LogP contribution in [0.15, 0.2) is 18.3 Å². The zero-order valence-electron chi connectivity index (χ0n) is 33.0. The average Bonchev–Trinajstić information content (AvgIpc) is 3.32. The van der Waals surface area contributed by atoms with Crippen molar-refractivity contribution < 1.29 is 86.1 Å². The van der Waals surface area contributed by atoms with E-state index in [9.17, 15) is 43.5 Å². The van der Waals surface area contributed by atoms with Crippen molar-refractivity contribution in [2.75, 3.05) is 13.2 Å². The topological polar surface area (TPSA) is 253 Å². The second-order valence-corrected chi connectivity index (χ2v) is 15.3. The van der Waals surface area contributed by atoms with Gasteiger partial charge in [0.25, 0.3) is 0 Å². The number of carbonyl (C=O) groups is 8. The third-order valence-electron chi connectivity index (χ3n) is 11.1. The van der Waals surface area contributed by atoms with E-state index in [2.05, 4.69) is 4.98 Å². The number of rotatable bonds is 7. The van der Waals surface area contributed by atoms with Gasteiger partial charge < -0.3 is 47.7 Å². The minimum absolute atomic E-state index is 0.0290. The van der Waals surface area contributed by atoms with E-state index < -0.39 is 132 Å². The minimum atomic E-state index is -2.80. The Bertz CT molecular complexity index is 1840. The summed E-state index contributed by atoms with van der Waals surface area (Å²) in [6.07, 6.45) is -10.3. The molecule has 2 aliphatic carbocycles. The number of fused-ring (bicyclic) bond motifs is 5. The van der Waals surface area contributed by atoms with E-state index in [4.69, 9.17) is 42.6 Å². The van der Waals surface area contributed by atoms with E-state index in [1.807, 2.05) is 0 Å². The van der Waals surface area contributed by atoms with E-state index in [0.717, 1.165) is 48.5 Å². The molecule has 1 aromatic heterocycles. The fourth-order valence-corrected chi connectivity index (χ4v) is 9.16. The SMILES string of the molecule is CC(=O)OC[C@]12[C@H](OC(C)=O)[C@H](OC(C)=O)[C@@H]3[C@@H](OC(C)=O)[C@@]14O[C@@]3(C)COC(=O)c1cccnc1CCC(C)C(=O)O[C@@H]([C@H](OC(C)=O)[C@@H]2OC(C)=O)[C@]4(C)O. The van der Waals surface area contributed by atoms with Gasteiger partial charge in [0.1, 0.15) is 42.0 Å². The average molecular weight is 806 g/mol. The van der Waals surface area contributed by atoms with Crippen LogP contribution in [0.5, 0.6) is 0 Å². The Morgan fingerprint density at radius 2 is 1.35 bits per heavy atom. The monoisotopic (exact) mass is 805 g/mol. The van der Waals surface area contributed by atoms with Gasteiger partial charge in [-0.1, -0.05) is 6.92 Å². The predicted molar refractivity (Wildman–Crippen MR) is 185 cm³/mol. The maximum atomic E-state index is 14.1. The molecule has 3 fully saturated rings. The number of hydrogen-bond acceptors (Lipinski definition) is 19. The lowest BCUT2D eigenvalue weighted by Crippen LogP contribution is -2.89. The molecule has 1 N–H and O–H groups in total. The largest absolute Gasteiger partial charge is 0.465 e. The fraction of sp³-hybridized carbons (Fsp3) is 0.658. The predicted octanol–water partition coefficient (Wildman–Crippen LogP) is 0.863. The Morgan fingerprint density at radius 1 is 0.807 bits per heavy atom. The molecule has 0 amide bonds. The second kappa shape index (κ2) is 15.6. The number of nitrogens with zero attached hydrogens (tertiary/aromatic N) is 1. The van der Waals surface area contributed by atoms with Crippen LogP contribution in [0.4, 0.5) is 0 Å². The molecule has 1 unspecified atom stereocenters. The van der Waals surface area contributed by atoms with Crippen molar-refractivity contribution in [1.29, 1.82) is 0 Å². The van der Waals surface area contributed by atoms with Gasteiger partial charge in [0.05, 0.1) is 23.1 Å². The molecule has 1 spiro atoms. The zero-order chi connectivity index (χ0) is 42.4. The molecule has 3 heterocycles. The Balaban J connectivity index is 1.99. The number of aliphatic hydroxyl groups is 1. The molecule has 57 heavy (non-hydrogen) atoms. The summed E-state index contributed by atoms with van der Waals surface area (Å²) in [4.78, 5) is 111. The van der Waals surface area contributed by atoms with Crippen molar-refractivity contribution in [3.05, 3.63) is 29.6 Å². The Morgan fingerprint density at radius 3 is 1.91 bits per heavy atom. The highest BCUT2D eigenvalue weighted by atomic mass is 16.7. The molecule has 0 radical (unpaired) electrons. The number of aromatic nitrogens is 1. The van der Waals surface area contributed by atoms with Gasteiger partial charge >= 0.3 is 47.8 Å². The molecule has 312 valence electrons. The number of ether oxygens (including phenoxy) is 9. The van der Waals surface area contributed by atoms with Crippen LogP contribution in [0.2, 0.25) is 0 Å². The smallest absolute Gasteiger partial charge is 0.340 e. The van der Waals surface area contributed by atoms with E-state index in [1.54, 1.807) is 0 Å². The highest BCUT2D eigenvalue weighted by Gasteiger charge is 2.92. The summed E-state index contributed by atoms with van der Waals surface area (Å²) in [7, 11) is 0. The molecule has 5 rings (SSSR count). The summed E-state index contributed by atoms with van der Waals surface area (Å²) in [6.45, 7) is 8.15. The number of aryl methyl sites for hydroxylation is 1. The van der Waals surface area contributed by atoms with E-state index >= 15 is 0 Å². The Labute approximate surface area is 327 Å². The van der Waals surface area contributed by atoms with Crippen LogP contribution in [0.3, 0.4) is 0 Å². The normalized spacial score (nSPS) is 37.1. The van der Waals surface area contributed by atoms with Crippen LogP contribution in [0, 0.1) is 17.3 Å². The van der Waals surface area contributed by atoms with Crippen molar-refractivity contribution in [3.8, 4) is 0 Å². The fourth-order valence-electron chi connectivity index (χ4n) is 9.16. The first kappa shape index (κ1) is 43.0. The third-order valence-corrected chi connectivity index (χ3v) is 11.1. The number of hydrogen-bond donors (Lipinski definition) is 1. The molecule has 19 heteroatoms. The first-order chi connectivity index (χ1) is 26.5. The number of carbonyl (C=O) groups excluding carboxylic acids is 8. The summed E-state index contributed by atoms with van der Waals surface area (Å²) in [6, 6.07) is 2.95. The van der Waals surface area contributed by atoms with Gasteiger partial charge in [0.15, 0.2) is 30.0 Å². The standard InChI is InChI=1S/C38H47NO18/c1-17-12-13-25-24(11-10-14-39-25)34(47)50-15-35(8)26-27(51-19(3)41)31(54-22(6)44)37(16-49-18(2)40)32(55-23(7)45)28(52-20(4)42)30(56-33(17)46)36(9,48)38(37,57-35)29(26)53-21(5)43/h10-11,14,17,26-32,48H,12-13,15-16H2,1-9H3/t17?,26-,27-,28+,29-,30+,31-,32+,35+,36+,37-,38+/m1/s1. The molecule has 4 bridgehead atoms. The van der Waals surface area contributed by atoms with E-state index in [-0.39, 0.29) is 24.1 Å². The van der Waals surface area contributed by atoms with Gasteiger partial charge in [0, 0.05) is 47.7 Å². The lowest BCUT2D eigenvalue weighted by molar-refractivity contribution is -0.386. The van der Waals surface area contributed by atoms with Gasteiger partial charge in [-0.25, -0.2) is 4.79 Å². The summed E-state index contributed by atoms with van der Waals surface area (Å²) in [5.74, 6) is -10.5. The van der Waals surface area contributed by atoms with Gasteiger partial charge in [-0.05, 0) is 38.8 Å². The molecule has 2 saturated carbocycles. The highest BCUT2D eigenvalue weighted by molar-refractivity contribution is 5.90. The molecule has 4 aliphatic rings.